The second-order valence-electron chi connectivity index (χ2n) is 3.92. The highest BCUT2D eigenvalue weighted by atomic mass is 35.5. The molecule has 3 nitrogen and oxygen atoms in total. The molecular weight excluding hydrogens is 285 g/mol. The molecule has 1 N–H and O–H groups in total. The minimum atomic E-state index is -1.19. The fraction of sp³-hybridized carbons (Fsp3) is 0.0714. The maximum Gasteiger partial charge on any atom is 0.0715 e. The molecule has 2 aromatic rings. The Labute approximate surface area is 120 Å². The molecule has 0 atom stereocenters. The molecule has 19 heavy (non-hydrogen) atoms. The first-order chi connectivity index (χ1) is 9.08. The van der Waals surface area contributed by atoms with Gasteiger partial charge in [0.05, 0.1) is 5.97 Å². The minimum absolute atomic E-state index is 0.140. The van der Waals surface area contributed by atoms with E-state index in [0.717, 1.165) is 11.3 Å². The van der Waals surface area contributed by atoms with Crippen LogP contribution >= 0.6 is 23.2 Å². The Bertz CT molecular complexity index is 577. The van der Waals surface area contributed by atoms with Crippen molar-refractivity contribution >= 4 is 34.9 Å². The van der Waals surface area contributed by atoms with Crippen LogP contribution in [0.2, 0.25) is 10.0 Å². The molecule has 0 radical (unpaired) electrons. The third-order valence-corrected chi connectivity index (χ3v) is 3.36. The summed E-state index contributed by atoms with van der Waals surface area (Å²) in [6, 6.07) is 11.6. The predicted octanol–water partition coefficient (Wildman–Crippen LogP) is 2.97. The van der Waals surface area contributed by atoms with Crippen LogP contribution in [-0.2, 0) is 6.54 Å². The Balaban J connectivity index is 2.08. The maximum atomic E-state index is 10.6. The number of carboxylic acids is 1. The van der Waals surface area contributed by atoms with E-state index in [1.54, 1.807) is 30.3 Å². The van der Waals surface area contributed by atoms with Gasteiger partial charge in [0.1, 0.15) is 0 Å². The van der Waals surface area contributed by atoms with E-state index in [2.05, 4.69) is 5.32 Å². The summed E-state index contributed by atoms with van der Waals surface area (Å²) in [6.07, 6.45) is 0. The highest BCUT2D eigenvalue weighted by Gasteiger charge is 2.04. The van der Waals surface area contributed by atoms with Gasteiger partial charge < -0.3 is 15.2 Å². The van der Waals surface area contributed by atoms with Gasteiger partial charge in [-0.2, -0.15) is 0 Å². The molecule has 0 bridgehead atoms. The van der Waals surface area contributed by atoms with Crippen molar-refractivity contribution in [3.63, 3.8) is 0 Å². The number of halogens is 2. The van der Waals surface area contributed by atoms with Crippen LogP contribution in [0.25, 0.3) is 0 Å². The number of hydrogen-bond acceptors (Lipinski definition) is 3. The molecule has 98 valence electrons. The van der Waals surface area contributed by atoms with E-state index in [1.165, 1.54) is 12.1 Å². The van der Waals surface area contributed by atoms with Crippen LogP contribution in [0.15, 0.2) is 42.5 Å². The van der Waals surface area contributed by atoms with E-state index >= 15 is 0 Å². The van der Waals surface area contributed by atoms with Crippen molar-refractivity contribution in [2.75, 3.05) is 5.32 Å². The molecule has 0 aromatic heterocycles. The number of aromatic carboxylic acids is 1. The lowest BCUT2D eigenvalue weighted by molar-refractivity contribution is -0.255. The first-order valence-corrected chi connectivity index (χ1v) is 6.31. The standard InChI is InChI=1S/C14H11Cl2NO2/c15-12-2-1-3-13(16)11(12)8-17-10-6-4-9(5-7-10)14(18)19/h1-7,17H,8H2,(H,18,19)/p-1. The lowest BCUT2D eigenvalue weighted by Gasteiger charge is -2.10. The van der Waals surface area contributed by atoms with Crippen molar-refractivity contribution in [1.82, 2.24) is 0 Å². The highest BCUT2D eigenvalue weighted by Crippen LogP contribution is 2.25. The fourth-order valence-electron chi connectivity index (χ4n) is 1.62. The van der Waals surface area contributed by atoms with Gasteiger partial charge in [-0.15, -0.1) is 0 Å². The third kappa shape index (κ3) is 3.40. The normalized spacial score (nSPS) is 10.2. The van der Waals surface area contributed by atoms with E-state index in [0.29, 0.717) is 16.6 Å². The van der Waals surface area contributed by atoms with Gasteiger partial charge in [0.25, 0.3) is 0 Å². The second kappa shape index (κ2) is 5.95. The van der Waals surface area contributed by atoms with Crippen molar-refractivity contribution in [3.05, 3.63) is 63.6 Å². The van der Waals surface area contributed by atoms with Gasteiger partial charge in [-0.05, 0) is 29.8 Å². The first kappa shape index (κ1) is 13.7. The molecule has 2 rings (SSSR count). The van der Waals surface area contributed by atoms with Crippen LogP contribution in [-0.4, -0.2) is 5.97 Å². The summed E-state index contributed by atoms with van der Waals surface area (Å²) in [5.41, 5.74) is 1.72. The van der Waals surface area contributed by atoms with Gasteiger partial charge in [0.15, 0.2) is 0 Å². The maximum absolute atomic E-state index is 10.6. The van der Waals surface area contributed by atoms with Crippen LogP contribution in [0.1, 0.15) is 15.9 Å². The zero-order valence-electron chi connectivity index (χ0n) is 9.82. The SMILES string of the molecule is O=C([O-])c1ccc(NCc2c(Cl)cccc2Cl)cc1. The topological polar surface area (TPSA) is 52.2 Å². The largest absolute Gasteiger partial charge is 0.545 e. The molecule has 5 heteroatoms. The van der Waals surface area contributed by atoms with Crippen LogP contribution in [0, 0.1) is 0 Å². The van der Waals surface area contributed by atoms with Crippen molar-refractivity contribution < 1.29 is 9.90 Å². The van der Waals surface area contributed by atoms with Crippen molar-refractivity contribution in [1.29, 1.82) is 0 Å². The number of nitrogens with one attached hydrogen (secondary N) is 1. The summed E-state index contributed by atoms with van der Waals surface area (Å²) in [6.45, 7) is 0.461. The molecular formula is C14H10Cl2NO2-. The molecule has 0 aliphatic carbocycles. The first-order valence-electron chi connectivity index (χ1n) is 5.56. The lowest BCUT2D eigenvalue weighted by Crippen LogP contribution is -2.21. The average Bonchev–Trinajstić information content (AvgIpc) is 2.38. The van der Waals surface area contributed by atoms with Gasteiger partial charge in [-0.1, -0.05) is 41.4 Å². The Kier molecular flexibility index (Phi) is 4.30. The van der Waals surface area contributed by atoms with Gasteiger partial charge >= 0.3 is 0 Å². The fourth-order valence-corrected chi connectivity index (χ4v) is 2.15. The molecule has 0 unspecified atom stereocenters. The zero-order valence-corrected chi connectivity index (χ0v) is 11.3. The van der Waals surface area contributed by atoms with Gasteiger partial charge in [-0.25, -0.2) is 0 Å². The van der Waals surface area contributed by atoms with Crippen LogP contribution in [0.3, 0.4) is 0 Å². The van der Waals surface area contributed by atoms with Crippen molar-refractivity contribution in [2.45, 2.75) is 6.54 Å². The Morgan fingerprint density at radius 2 is 1.63 bits per heavy atom. The van der Waals surface area contributed by atoms with Crippen LogP contribution in [0.4, 0.5) is 5.69 Å². The predicted molar refractivity (Wildman–Crippen MR) is 74.6 cm³/mol. The van der Waals surface area contributed by atoms with E-state index in [4.69, 9.17) is 23.2 Å². The zero-order chi connectivity index (χ0) is 13.8. The van der Waals surface area contributed by atoms with Gasteiger partial charge in [0.2, 0.25) is 0 Å². The summed E-state index contributed by atoms with van der Waals surface area (Å²) < 4.78 is 0. The molecule has 0 aliphatic heterocycles. The van der Waals surface area contributed by atoms with Gasteiger partial charge in [-0.3, -0.25) is 0 Å². The third-order valence-electron chi connectivity index (χ3n) is 2.65. The number of carbonyl (C=O) groups excluding carboxylic acids is 1. The Morgan fingerprint density at radius 3 is 2.16 bits per heavy atom. The Morgan fingerprint density at radius 1 is 1.05 bits per heavy atom. The summed E-state index contributed by atoms with van der Waals surface area (Å²) in [4.78, 5) is 10.6. The van der Waals surface area contributed by atoms with E-state index in [-0.39, 0.29) is 5.56 Å². The minimum Gasteiger partial charge on any atom is -0.545 e. The quantitative estimate of drug-likeness (QED) is 0.943. The molecule has 0 spiro atoms. The molecule has 0 heterocycles. The molecule has 2 aromatic carbocycles. The van der Waals surface area contributed by atoms with Gasteiger partial charge in [0, 0.05) is 27.8 Å². The average molecular weight is 295 g/mol. The summed E-state index contributed by atoms with van der Waals surface area (Å²) >= 11 is 12.1. The van der Waals surface area contributed by atoms with E-state index in [1.807, 2.05) is 0 Å². The van der Waals surface area contributed by atoms with Crippen LogP contribution in [0.5, 0.6) is 0 Å². The van der Waals surface area contributed by atoms with Crippen molar-refractivity contribution in [2.24, 2.45) is 0 Å². The lowest BCUT2D eigenvalue weighted by atomic mass is 10.2. The summed E-state index contributed by atoms with van der Waals surface area (Å²) in [7, 11) is 0. The highest BCUT2D eigenvalue weighted by molar-refractivity contribution is 6.36. The smallest absolute Gasteiger partial charge is 0.0715 e. The molecule has 0 saturated carbocycles. The number of hydrogen-bond donors (Lipinski definition) is 1. The second-order valence-corrected chi connectivity index (χ2v) is 4.73. The molecule has 0 aliphatic rings. The number of anilines is 1. The number of carbonyl (C=O) groups is 1. The van der Waals surface area contributed by atoms with Crippen molar-refractivity contribution in [3.8, 4) is 0 Å². The summed E-state index contributed by atoms with van der Waals surface area (Å²) in [5.74, 6) is -1.19. The molecule has 0 fully saturated rings. The summed E-state index contributed by atoms with van der Waals surface area (Å²) in [5, 5.41) is 14.9. The monoisotopic (exact) mass is 294 g/mol. The number of carboxylic acid groups (broad SMARTS) is 1. The molecule has 0 amide bonds. The number of rotatable bonds is 4. The van der Waals surface area contributed by atoms with E-state index in [9.17, 15) is 9.90 Å². The van der Waals surface area contributed by atoms with E-state index < -0.39 is 5.97 Å². The van der Waals surface area contributed by atoms with Crippen LogP contribution < -0.4 is 10.4 Å². The Hall–Kier alpha value is -1.71. The molecule has 0 saturated heterocycles. The number of benzene rings is 2.